The maximum Gasteiger partial charge on any atom is 0.264 e. The summed E-state index contributed by atoms with van der Waals surface area (Å²) in [5.41, 5.74) is 2.33. The number of benzene rings is 2. The summed E-state index contributed by atoms with van der Waals surface area (Å²) >= 11 is 1.41. The minimum Gasteiger partial charge on any atom is -0.494 e. The van der Waals surface area contributed by atoms with Crippen LogP contribution in [0.1, 0.15) is 17.4 Å². The first kappa shape index (κ1) is 19.4. The molecule has 28 heavy (non-hydrogen) atoms. The van der Waals surface area contributed by atoms with Crippen LogP contribution in [-0.4, -0.2) is 24.1 Å². The number of amides is 1. The SMILES string of the molecule is CCOc1ccc(-c2nc(NC(=O)COc3ccc(C#N)cc3)sc2C)cc1. The van der Waals surface area contributed by atoms with Crippen molar-refractivity contribution in [2.24, 2.45) is 0 Å². The van der Waals surface area contributed by atoms with Crippen LogP contribution in [0.5, 0.6) is 11.5 Å². The van der Waals surface area contributed by atoms with Crippen molar-refractivity contribution in [1.29, 1.82) is 5.26 Å². The second-order valence-electron chi connectivity index (χ2n) is 5.85. The van der Waals surface area contributed by atoms with Gasteiger partial charge in [-0.2, -0.15) is 5.26 Å². The summed E-state index contributed by atoms with van der Waals surface area (Å²) in [7, 11) is 0. The van der Waals surface area contributed by atoms with E-state index in [9.17, 15) is 4.79 Å². The van der Waals surface area contributed by atoms with E-state index in [-0.39, 0.29) is 12.5 Å². The van der Waals surface area contributed by atoms with Gasteiger partial charge in [-0.05, 0) is 62.4 Å². The Morgan fingerprint density at radius 1 is 1.11 bits per heavy atom. The van der Waals surface area contributed by atoms with E-state index >= 15 is 0 Å². The first-order chi connectivity index (χ1) is 13.6. The topological polar surface area (TPSA) is 84.2 Å². The molecule has 3 aromatic rings. The zero-order valence-electron chi connectivity index (χ0n) is 15.6. The smallest absolute Gasteiger partial charge is 0.264 e. The van der Waals surface area contributed by atoms with Crippen LogP contribution in [0.25, 0.3) is 11.3 Å². The fourth-order valence-electron chi connectivity index (χ4n) is 2.52. The van der Waals surface area contributed by atoms with Crippen molar-refractivity contribution in [3.05, 3.63) is 59.0 Å². The maximum atomic E-state index is 12.1. The number of nitriles is 1. The number of nitrogens with zero attached hydrogens (tertiary/aromatic N) is 2. The number of nitrogens with one attached hydrogen (secondary N) is 1. The van der Waals surface area contributed by atoms with E-state index in [1.165, 1.54) is 11.3 Å². The first-order valence-corrected chi connectivity index (χ1v) is 9.54. The molecule has 0 saturated carbocycles. The van der Waals surface area contributed by atoms with E-state index in [1.54, 1.807) is 24.3 Å². The number of ether oxygens (including phenoxy) is 2. The Bertz CT molecular complexity index is 989. The molecule has 7 heteroatoms. The predicted octanol–water partition coefficient (Wildman–Crippen LogP) is 4.41. The van der Waals surface area contributed by atoms with Gasteiger partial charge in [0, 0.05) is 10.4 Å². The van der Waals surface area contributed by atoms with Gasteiger partial charge in [-0.15, -0.1) is 11.3 Å². The molecule has 0 aliphatic carbocycles. The van der Waals surface area contributed by atoms with Gasteiger partial charge >= 0.3 is 0 Å². The Morgan fingerprint density at radius 3 is 2.39 bits per heavy atom. The van der Waals surface area contributed by atoms with Crippen molar-refractivity contribution in [2.75, 3.05) is 18.5 Å². The molecule has 1 heterocycles. The highest BCUT2D eigenvalue weighted by molar-refractivity contribution is 7.16. The molecule has 0 aliphatic heterocycles. The van der Waals surface area contributed by atoms with Crippen molar-refractivity contribution in [3.63, 3.8) is 0 Å². The first-order valence-electron chi connectivity index (χ1n) is 8.72. The van der Waals surface area contributed by atoms with E-state index in [1.807, 2.05) is 44.2 Å². The van der Waals surface area contributed by atoms with Crippen LogP contribution in [0, 0.1) is 18.3 Å². The van der Waals surface area contributed by atoms with Gasteiger partial charge in [0.1, 0.15) is 11.5 Å². The number of rotatable bonds is 7. The molecule has 0 unspecified atom stereocenters. The van der Waals surface area contributed by atoms with Crippen LogP contribution >= 0.6 is 11.3 Å². The standard InChI is InChI=1S/C21H19N3O3S/c1-3-26-17-10-6-16(7-11-17)20-14(2)28-21(24-20)23-19(25)13-27-18-8-4-15(12-22)5-9-18/h4-11H,3,13H2,1-2H3,(H,23,24,25). The van der Waals surface area contributed by atoms with E-state index in [0.29, 0.717) is 23.1 Å². The number of carbonyl (C=O) groups is 1. The minimum absolute atomic E-state index is 0.136. The number of aromatic nitrogens is 1. The summed E-state index contributed by atoms with van der Waals surface area (Å²) in [6, 6.07) is 16.3. The average Bonchev–Trinajstić information content (AvgIpc) is 3.07. The third-order valence-electron chi connectivity index (χ3n) is 3.84. The molecule has 0 spiro atoms. The average molecular weight is 393 g/mol. The summed E-state index contributed by atoms with van der Waals surface area (Å²) in [5, 5.41) is 12.1. The van der Waals surface area contributed by atoms with E-state index in [2.05, 4.69) is 10.3 Å². The van der Waals surface area contributed by atoms with Crippen LogP contribution in [0.15, 0.2) is 48.5 Å². The lowest BCUT2D eigenvalue weighted by molar-refractivity contribution is -0.118. The molecular weight excluding hydrogens is 374 g/mol. The highest BCUT2D eigenvalue weighted by Crippen LogP contribution is 2.31. The highest BCUT2D eigenvalue weighted by atomic mass is 32.1. The van der Waals surface area contributed by atoms with Gasteiger partial charge in [0.15, 0.2) is 11.7 Å². The lowest BCUT2D eigenvalue weighted by Gasteiger charge is -2.05. The minimum atomic E-state index is -0.295. The molecule has 0 bridgehead atoms. The fraction of sp³-hybridized carbons (Fsp3) is 0.190. The van der Waals surface area contributed by atoms with E-state index in [4.69, 9.17) is 14.7 Å². The Morgan fingerprint density at radius 2 is 1.75 bits per heavy atom. The van der Waals surface area contributed by atoms with Crippen LogP contribution in [0.4, 0.5) is 5.13 Å². The molecule has 6 nitrogen and oxygen atoms in total. The quantitative estimate of drug-likeness (QED) is 0.643. The molecule has 0 fully saturated rings. The maximum absolute atomic E-state index is 12.1. The van der Waals surface area contributed by atoms with Crippen LogP contribution in [0.2, 0.25) is 0 Å². The summed E-state index contributed by atoms with van der Waals surface area (Å²) in [6.45, 7) is 4.39. The summed E-state index contributed by atoms with van der Waals surface area (Å²) < 4.78 is 10.9. The molecule has 1 N–H and O–H groups in total. The summed E-state index contributed by atoms with van der Waals surface area (Å²) in [5.74, 6) is 1.04. The third-order valence-corrected chi connectivity index (χ3v) is 4.72. The van der Waals surface area contributed by atoms with E-state index < -0.39 is 0 Å². The highest BCUT2D eigenvalue weighted by Gasteiger charge is 2.13. The van der Waals surface area contributed by atoms with Gasteiger partial charge < -0.3 is 9.47 Å². The predicted molar refractivity (Wildman–Crippen MR) is 109 cm³/mol. The Balaban J connectivity index is 1.60. The van der Waals surface area contributed by atoms with Crippen LogP contribution in [-0.2, 0) is 4.79 Å². The Labute approximate surface area is 167 Å². The molecule has 0 radical (unpaired) electrons. The number of aryl methyl sites for hydroxylation is 1. The van der Waals surface area contributed by atoms with Crippen molar-refractivity contribution >= 4 is 22.4 Å². The van der Waals surface area contributed by atoms with Crippen molar-refractivity contribution in [3.8, 4) is 28.8 Å². The molecular formula is C21H19N3O3S. The number of carbonyl (C=O) groups excluding carboxylic acids is 1. The molecule has 3 rings (SSSR count). The van der Waals surface area contributed by atoms with Gasteiger partial charge in [0.25, 0.3) is 5.91 Å². The van der Waals surface area contributed by atoms with Crippen molar-refractivity contribution in [1.82, 2.24) is 4.98 Å². The molecule has 2 aromatic carbocycles. The monoisotopic (exact) mass is 393 g/mol. The number of hydrogen-bond donors (Lipinski definition) is 1. The second-order valence-corrected chi connectivity index (χ2v) is 7.06. The normalized spacial score (nSPS) is 10.2. The number of thiazole rings is 1. The largest absolute Gasteiger partial charge is 0.494 e. The molecule has 0 saturated heterocycles. The lowest BCUT2D eigenvalue weighted by Crippen LogP contribution is -2.20. The zero-order valence-corrected chi connectivity index (χ0v) is 16.4. The second kappa shape index (κ2) is 9.02. The van der Waals surface area contributed by atoms with Gasteiger partial charge in [-0.25, -0.2) is 4.98 Å². The van der Waals surface area contributed by atoms with Crippen LogP contribution in [0.3, 0.4) is 0 Å². The van der Waals surface area contributed by atoms with Crippen LogP contribution < -0.4 is 14.8 Å². The molecule has 1 aromatic heterocycles. The summed E-state index contributed by atoms with van der Waals surface area (Å²) in [6.07, 6.45) is 0. The molecule has 1 amide bonds. The van der Waals surface area contributed by atoms with Gasteiger partial charge in [-0.3, -0.25) is 10.1 Å². The fourth-order valence-corrected chi connectivity index (χ4v) is 3.38. The third kappa shape index (κ3) is 4.87. The number of anilines is 1. The number of hydrogen-bond acceptors (Lipinski definition) is 6. The van der Waals surface area contributed by atoms with Gasteiger partial charge in [0.05, 0.1) is 23.9 Å². The van der Waals surface area contributed by atoms with Crippen molar-refractivity contribution in [2.45, 2.75) is 13.8 Å². The summed E-state index contributed by atoms with van der Waals surface area (Å²) in [4.78, 5) is 17.7. The molecule has 0 aliphatic rings. The lowest BCUT2D eigenvalue weighted by atomic mass is 10.1. The van der Waals surface area contributed by atoms with Crippen molar-refractivity contribution < 1.29 is 14.3 Å². The van der Waals surface area contributed by atoms with Gasteiger partial charge in [-0.1, -0.05) is 0 Å². The Kier molecular flexibility index (Phi) is 6.25. The Hall–Kier alpha value is -3.37. The zero-order chi connectivity index (χ0) is 19.9. The van der Waals surface area contributed by atoms with Gasteiger partial charge in [0.2, 0.25) is 0 Å². The molecule has 142 valence electrons. The van der Waals surface area contributed by atoms with E-state index in [0.717, 1.165) is 21.9 Å². The molecule has 0 atom stereocenters.